The van der Waals surface area contributed by atoms with Crippen molar-refractivity contribution >= 4 is 21.6 Å². The molecule has 0 fully saturated rings. The Morgan fingerprint density at radius 2 is 1.56 bits per heavy atom. The SMILES string of the molecule is CC(C)(C)NS(=O)(=O)c1ccc(CCC(=O)Nc2ccccc2)cc1. The summed E-state index contributed by atoms with van der Waals surface area (Å²) in [5.74, 6) is -0.0719. The molecule has 0 saturated heterocycles. The van der Waals surface area contributed by atoms with Crippen LogP contribution in [0.1, 0.15) is 32.8 Å². The fourth-order valence-electron chi connectivity index (χ4n) is 2.30. The Balaban J connectivity index is 1.93. The summed E-state index contributed by atoms with van der Waals surface area (Å²) in [7, 11) is -3.54. The Morgan fingerprint density at radius 1 is 0.960 bits per heavy atom. The first-order valence-electron chi connectivity index (χ1n) is 8.13. The van der Waals surface area contributed by atoms with E-state index in [2.05, 4.69) is 10.0 Å². The number of para-hydroxylation sites is 1. The highest BCUT2D eigenvalue weighted by Gasteiger charge is 2.21. The van der Waals surface area contributed by atoms with Crippen molar-refractivity contribution in [3.05, 3.63) is 60.2 Å². The van der Waals surface area contributed by atoms with Gasteiger partial charge in [-0.05, 0) is 57.0 Å². The van der Waals surface area contributed by atoms with Crippen LogP contribution in [0.2, 0.25) is 0 Å². The van der Waals surface area contributed by atoms with Gasteiger partial charge in [-0.25, -0.2) is 13.1 Å². The number of hydrogen-bond donors (Lipinski definition) is 2. The minimum Gasteiger partial charge on any atom is -0.326 e. The number of amides is 1. The molecule has 0 aromatic heterocycles. The molecule has 0 atom stereocenters. The molecule has 0 saturated carbocycles. The number of benzene rings is 2. The van der Waals surface area contributed by atoms with E-state index in [9.17, 15) is 13.2 Å². The highest BCUT2D eigenvalue weighted by molar-refractivity contribution is 7.89. The van der Waals surface area contributed by atoms with Crippen LogP contribution >= 0.6 is 0 Å². The van der Waals surface area contributed by atoms with Gasteiger partial charge < -0.3 is 5.32 Å². The predicted octanol–water partition coefficient (Wildman–Crippen LogP) is 3.33. The summed E-state index contributed by atoms with van der Waals surface area (Å²) in [6.07, 6.45) is 0.882. The minimum atomic E-state index is -3.54. The molecule has 1 amide bonds. The highest BCUT2D eigenvalue weighted by Crippen LogP contribution is 2.15. The lowest BCUT2D eigenvalue weighted by molar-refractivity contribution is -0.116. The number of anilines is 1. The maximum absolute atomic E-state index is 12.3. The lowest BCUT2D eigenvalue weighted by Crippen LogP contribution is -2.40. The van der Waals surface area contributed by atoms with E-state index in [4.69, 9.17) is 0 Å². The third-order valence-electron chi connectivity index (χ3n) is 3.37. The molecule has 0 aliphatic rings. The Labute approximate surface area is 149 Å². The normalized spacial score (nSPS) is 12.0. The first-order chi connectivity index (χ1) is 11.7. The van der Waals surface area contributed by atoms with E-state index in [1.807, 2.05) is 30.3 Å². The molecule has 5 nitrogen and oxygen atoms in total. The number of nitrogens with one attached hydrogen (secondary N) is 2. The molecule has 6 heteroatoms. The molecule has 2 N–H and O–H groups in total. The number of hydrogen-bond acceptors (Lipinski definition) is 3. The quantitative estimate of drug-likeness (QED) is 0.830. The van der Waals surface area contributed by atoms with Crippen LogP contribution in [-0.4, -0.2) is 19.9 Å². The molecule has 0 aliphatic heterocycles. The third-order valence-corrected chi connectivity index (χ3v) is 5.15. The molecule has 0 aliphatic carbocycles. The fourth-order valence-corrected chi connectivity index (χ4v) is 3.72. The van der Waals surface area contributed by atoms with Crippen LogP contribution in [0.25, 0.3) is 0 Å². The number of carbonyl (C=O) groups is 1. The maximum Gasteiger partial charge on any atom is 0.241 e. The Hall–Kier alpha value is -2.18. The smallest absolute Gasteiger partial charge is 0.241 e. The Kier molecular flexibility index (Phi) is 5.98. The van der Waals surface area contributed by atoms with Gasteiger partial charge in [0.15, 0.2) is 0 Å². The van der Waals surface area contributed by atoms with Crippen molar-refractivity contribution in [2.75, 3.05) is 5.32 Å². The van der Waals surface area contributed by atoms with Crippen LogP contribution in [0, 0.1) is 0 Å². The van der Waals surface area contributed by atoms with E-state index in [-0.39, 0.29) is 10.8 Å². The number of sulfonamides is 1. The van der Waals surface area contributed by atoms with E-state index in [0.717, 1.165) is 11.3 Å². The Morgan fingerprint density at radius 3 is 2.12 bits per heavy atom. The highest BCUT2D eigenvalue weighted by atomic mass is 32.2. The fraction of sp³-hybridized carbons (Fsp3) is 0.316. The molecule has 2 aromatic rings. The molecule has 134 valence electrons. The van der Waals surface area contributed by atoms with Crippen LogP contribution in [-0.2, 0) is 21.2 Å². The van der Waals surface area contributed by atoms with Crippen molar-refractivity contribution in [2.24, 2.45) is 0 Å². The van der Waals surface area contributed by atoms with E-state index in [1.165, 1.54) is 0 Å². The molecule has 25 heavy (non-hydrogen) atoms. The first-order valence-corrected chi connectivity index (χ1v) is 9.62. The van der Waals surface area contributed by atoms with Gasteiger partial charge in [-0.15, -0.1) is 0 Å². The van der Waals surface area contributed by atoms with Gasteiger partial charge >= 0.3 is 0 Å². The Bertz CT molecular complexity index is 808. The zero-order valence-electron chi connectivity index (χ0n) is 14.7. The predicted molar refractivity (Wildman–Crippen MR) is 99.9 cm³/mol. The molecular formula is C19H24N2O3S. The second-order valence-electron chi connectivity index (χ2n) is 6.91. The minimum absolute atomic E-state index is 0.0719. The summed E-state index contributed by atoms with van der Waals surface area (Å²) in [5, 5.41) is 2.83. The average molecular weight is 360 g/mol. The average Bonchev–Trinajstić information content (AvgIpc) is 2.52. The number of aryl methyl sites for hydroxylation is 1. The monoisotopic (exact) mass is 360 g/mol. The van der Waals surface area contributed by atoms with Crippen LogP contribution in [0.5, 0.6) is 0 Å². The van der Waals surface area contributed by atoms with Gasteiger partial charge in [-0.3, -0.25) is 4.79 Å². The van der Waals surface area contributed by atoms with E-state index in [0.29, 0.717) is 12.8 Å². The lowest BCUT2D eigenvalue weighted by atomic mass is 10.1. The molecular weight excluding hydrogens is 336 g/mol. The lowest BCUT2D eigenvalue weighted by Gasteiger charge is -2.20. The van der Waals surface area contributed by atoms with Crippen LogP contribution in [0.4, 0.5) is 5.69 Å². The van der Waals surface area contributed by atoms with Gasteiger partial charge in [0.25, 0.3) is 0 Å². The second kappa shape index (κ2) is 7.80. The number of carbonyl (C=O) groups excluding carboxylic acids is 1. The molecule has 2 aromatic carbocycles. The van der Waals surface area contributed by atoms with Crippen LogP contribution in [0.3, 0.4) is 0 Å². The van der Waals surface area contributed by atoms with Crippen molar-refractivity contribution in [2.45, 2.75) is 44.0 Å². The molecule has 0 unspecified atom stereocenters. The summed E-state index contributed by atoms with van der Waals surface area (Å²) in [6, 6.07) is 15.9. The zero-order valence-corrected chi connectivity index (χ0v) is 15.6. The second-order valence-corrected chi connectivity index (χ2v) is 8.60. The van der Waals surface area contributed by atoms with Crippen molar-refractivity contribution in [3.8, 4) is 0 Å². The summed E-state index contributed by atoms with van der Waals surface area (Å²) >= 11 is 0. The van der Waals surface area contributed by atoms with Gasteiger partial charge in [-0.2, -0.15) is 0 Å². The summed E-state index contributed by atoms with van der Waals surface area (Å²) in [5.41, 5.74) is 1.15. The molecule has 2 rings (SSSR count). The summed E-state index contributed by atoms with van der Waals surface area (Å²) < 4.78 is 27.1. The van der Waals surface area contributed by atoms with Gasteiger partial charge in [0.1, 0.15) is 0 Å². The topological polar surface area (TPSA) is 75.3 Å². The van der Waals surface area contributed by atoms with Crippen molar-refractivity contribution < 1.29 is 13.2 Å². The summed E-state index contributed by atoms with van der Waals surface area (Å²) in [4.78, 5) is 12.2. The zero-order chi connectivity index (χ0) is 18.5. The van der Waals surface area contributed by atoms with Crippen LogP contribution in [0.15, 0.2) is 59.5 Å². The van der Waals surface area contributed by atoms with Crippen molar-refractivity contribution in [1.82, 2.24) is 4.72 Å². The standard InChI is InChI=1S/C19H24N2O3S/c1-19(2,3)21-25(23,24)17-12-9-15(10-13-17)11-14-18(22)20-16-7-5-4-6-8-16/h4-10,12-13,21H,11,14H2,1-3H3,(H,20,22). The van der Waals surface area contributed by atoms with Crippen molar-refractivity contribution in [3.63, 3.8) is 0 Å². The van der Waals surface area contributed by atoms with E-state index >= 15 is 0 Å². The van der Waals surface area contributed by atoms with E-state index < -0.39 is 15.6 Å². The first kappa shape index (κ1) is 19.1. The molecule has 0 spiro atoms. The maximum atomic E-state index is 12.3. The number of rotatable bonds is 6. The molecule has 0 radical (unpaired) electrons. The van der Waals surface area contributed by atoms with Gasteiger partial charge in [0.2, 0.25) is 15.9 Å². The van der Waals surface area contributed by atoms with Crippen LogP contribution < -0.4 is 10.0 Å². The van der Waals surface area contributed by atoms with E-state index in [1.54, 1.807) is 45.0 Å². The van der Waals surface area contributed by atoms with Gasteiger partial charge in [-0.1, -0.05) is 30.3 Å². The molecule has 0 bridgehead atoms. The largest absolute Gasteiger partial charge is 0.326 e. The third kappa shape index (κ3) is 6.32. The van der Waals surface area contributed by atoms with Gasteiger partial charge in [0, 0.05) is 17.6 Å². The molecule has 0 heterocycles. The summed E-state index contributed by atoms with van der Waals surface area (Å²) in [6.45, 7) is 5.39. The van der Waals surface area contributed by atoms with Gasteiger partial charge in [0.05, 0.1) is 4.90 Å². The van der Waals surface area contributed by atoms with Crippen molar-refractivity contribution in [1.29, 1.82) is 0 Å².